The molecule has 0 aromatic carbocycles. The SMILES string of the molecule is CC/C=C\C/C=C\C/C=C\C/C=C\C/C=C\C/C=C\C/C=C\C/C=C\C/C=C\C/C=C\C/C=C\CCCCCCCC(=O)OC(COC(=O)CCCCCCCCCCCCCC/C=C\C/C=C\C/C=C\C/C=C\C/C=C\C/C=C\CC)COP(=O)(O)OCCN. The Bertz CT molecular complexity index is 2250. The van der Waals surface area contributed by atoms with Crippen molar-refractivity contribution in [2.24, 2.45) is 5.73 Å². The molecule has 0 fully saturated rings. The predicted molar refractivity (Wildman–Crippen MR) is 394 cm³/mol. The summed E-state index contributed by atoms with van der Waals surface area (Å²) < 4.78 is 33.2. The van der Waals surface area contributed by atoms with Gasteiger partial charge in [-0.25, -0.2) is 4.57 Å². The third-order valence-corrected chi connectivity index (χ3v) is 15.1. The maximum Gasteiger partial charge on any atom is 0.472 e. The topological polar surface area (TPSA) is 134 Å². The van der Waals surface area contributed by atoms with Gasteiger partial charge in [0.2, 0.25) is 0 Å². The van der Waals surface area contributed by atoms with E-state index in [0.717, 1.165) is 167 Å². The third-order valence-electron chi connectivity index (χ3n) is 14.2. The molecule has 0 rings (SSSR count). The van der Waals surface area contributed by atoms with Crippen LogP contribution in [0, 0.1) is 0 Å². The van der Waals surface area contributed by atoms with E-state index in [1.165, 1.54) is 57.8 Å². The average molecular weight is 1270 g/mol. The minimum Gasteiger partial charge on any atom is -0.462 e. The molecule has 0 aliphatic carbocycles. The fraction of sp³-hybridized carbons (Fsp3) is 0.556. The van der Waals surface area contributed by atoms with Gasteiger partial charge in [0.25, 0.3) is 0 Å². The average Bonchev–Trinajstić information content (AvgIpc) is 3.71. The first-order chi connectivity index (χ1) is 44.8. The molecule has 9 nitrogen and oxygen atoms in total. The molecule has 510 valence electrons. The van der Waals surface area contributed by atoms with Crippen molar-refractivity contribution in [2.45, 2.75) is 264 Å². The van der Waals surface area contributed by atoms with Gasteiger partial charge in [-0.1, -0.05) is 304 Å². The molecule has 0 spiro atoms. The zero-order valence-corrected chi connectivity index (χ0v) is 58.1. The summed E-state index contributed by atoms with van der Waals surface area (Å²) in [4.78, 5) is 35.4. The Balaban J connectivity index is 4.03. The van der Waals surface area contributed by atoms with Crippen LogP contribution in [-0.4, -0.2) is 49.3 Å². The molecule has 0 saturated carbocycles. The van der Waals surface area contributed by atoms with E-state index in [2.05, 4.69) is 220 Å². The summed E-state index contributed by atoms with van der Waals surface area (Å²) >= 11 is 0. The quantitative estimate of drug-likeness (QED) is 0.0264. The van der Waals surface area contributed by atoms with Crippen LogP contribution in [0.1, 0.15) is 258 Å². The Kier molecular flexibility index (Phi) is 69.3. The normalized spacial score (nSPS) is 14.2. The number of esters is 2. The van der Waals surface area contributed by atoms with Gasteiger partial charge in [0, 0.05) is 19.4 Å². The Morgan fingerprint density at radius 2 is 0.571 bits per heavy atom. The maximum absolute atomic E-state index is 12.8. The van der Waals surface area contributed by atoms with Crippen molar-refractivity contribution in [2.75, 3.05) is 26.4 Å². The number of allylic oxidation sites excluding steroid dienone is 34. The Labute approximate surface area is 557 Å². The minimum absolute atomic E-state index is 0.0391. The van der Waals surface area contributed by atoms with Crippen LogP contribution >= 0.6 is 7.82 Å². The molecule has 0 aliphatic heterocycles. The maximum atomic E-state index is 12.8. The van der Waals surface area contributed by atoms with E-state index >= 15 is 0 Å². The molecule has 0 saturated heterocycles. The van der Waals surface area contributed by atoms with Gasteiger partial charge < -0.3 is 20.1 Å². The summed E-state index contributed by atoms with van der Waals surface area (Å²) in [5, 5.41) is 0. The number of carbonyl (C=O) groups is 2. The molecule has 3 N–H and O–H groups in total. The molecule has 10 heteroatoms. The molecule has 2 unspecified atom stereocenters. The molecule has 91 heavy (non-hydrogen) atoms. The smallest absolute Gasteiger partial charge is 0.462 e. The number of phosphoric ester groups is 1. The number of carbonyl (C=O) groups excluding carboxylic acids is 2. The molecular formula is C81H128NO8P. The molecule has 0 heterocycles. The second-order valence-corrected chi connectivity index (χ2v) is 24.1. The van der Waals surface area contributed by atoms with Gasteiger partial charge in [0.05, 0.1) is 13.2 Å². The third kappa shape index (κ3) is 73.5. The van der Waals surface area contributed by atoms with Crippen LogP contribution in [0.4, 0.5) is 0 Å². The highest BCUT2D eigenvalue weighted by atomic mass is 31.2. The van der Waals surface area contributed by atoms with Crippen LogP contribution in [0.3, 0.4) is 0 Å². The molecule has 0 aliphatic rings. The Morgan fingerprint density at radius 3 is 0.846 bits per heavy atom. The summed E-state index contributed by atoms with van der Waals surface area (Å²) in [6.45, 7) is 3.47. The van der Waals surface area contributed by atoms with Gasteiger partial charge in [0.15, 0.2) is 6.10 Å². The van der Waals surface area contributed by atoms with Crippen molar-refractivity contribution in [1.82, 2.24) is 0 Å². The lowest BCUT2D eigenvalue weighted by molar-refractivity contribution is -0.161. The number of nitrogens with two attached hydrogens (primary N) is 1. The highest BCUT2D eigenvalue weighted by molar-refractivity contribution is 7.47. The summed E-state index contributed by atoms with van der Waals surface area (Å²) in [6, 6.07) is 0. The minimum atomic E-state index is -4.42. The fourth-order valence-electron chi connectivity index (χ4n) is 9.00. The molecule has 0 aromatic heterocycles. The first-order valence-corrected chi connectivity index (χ1v) is 37.1. The van der Waals surface area contributed by atoms with Crippen LogP contribution < -0.4 is 5.73 Å². The molecule has 0 radical (unpaired) electrons. The van der Waals surface area contributed by atoms with Gasteiger partial charge in [-0.3, -0.25) is 18.6 Å². The lowest BCUT2D eigenvalue weighted by atomic mass is 10.0. The summed E-state index contributed by atoms with van der Waals surface area (Å²) in [7, 11) is -4.42. The number of hydrogen-bond donors (Lipinski definition) is 2. The van der Waals surface area contributed by atoms with Crippen molar-refractivity contribution in [3.8, 4) is 0 Å². The van der Waals surface area contributed by atoms with Crippen LogP contribution in [0.5, 0.6) is 0 Å². The van der Waals surface area contributed by atoms with Gasteiger partial charge in [-0.2, -0.15) is 0 Å². The number of rotatable bonds is 64. The molecule has 0 amide bonds. The zero-order valence-electron chi connectivity index (χ0n) is 57.2. The Hall–Kier alpha value is -5.41. The number of hydrogen-bond acceptors (Lipinski definition) is 8. The first-order valence-electron chi connectivity index (χ1n) is 35.6. The van der Waals surface area contributed by atoms with Crippen LogP contribution in [0.2, 0.25) is 0 Å². The van der Waals surface area contributed by atoms with Crippen molar-refractivity contribution in [3.63, 3.8) is 0 Å². The lowest BCUT2D eigenvalue weighted by Gasteiger charge is -2.19. The summed E-state index contributed by atoms with van der Waals surface area (Å²) in [6.07, 6.45) is 113. The first kappa shape index (κ1) is 85.6. The van der Waals surface area contributed by atoms with E-state index in [1.807, 2.05) is 0 Å². The van der Waals surface area contributed by atoms with Crippen LogP contribution in [0.15, 0.2) is 207 Å². The zero-order chi connectivity index (χ0) is 65.8. The van der Waals surface area contributed by atoms with E-state index in [4.69, 9.17) is 24.3 Å². The van der Waals surface area contributed by atoms with E-state index < -0.39 is 32.5 Å². The van der Waals surface area contributed by atoms with E-state index in [9.17, 15) is 19.0 Å². The lowest BCUT2D eigenvalue weighted by Crippen LogP contribution is -2.29. The predicted octanol–water partition coefficient (Wildman–Crippen LogP) is 23.9. The number of ether oxygens (including phenoxy) is 2. The molecule has 0 bridgehead atoms. The van der Waals surface area contributed by atoms with Gasteiger partial charge in [-0.15, -0.1) is 0 Å². The molecule has 2 atom stereocenters. The largest absolute Gasteiger partial charge is 0.472 e. The second kappa shape index (κ2) is 73.6. The van der Waals surface area contributed by atoms with Gasteiger partial charge in [0.1, 0.15) is 6.61 Å². The standard InChI is InChI=1S/C81H128NO8P/c1-3-5-7-9-11-13-15-17-19-21-23-25-27-29-31-33-35-36-37-38-39-40-41-42-44-46-48-50-52-54-56-58-60-62-64-66-68-70-72-74-81(84)90-79(78-89-91(85,86)88-76-75-82)77-87-80(83)73-71-69-67-65-63-61-59-57-55-53-51-49-47-45-43-34-32-30-28-26-24-22-20-18-16-14-12-10-8-6-4-2/h5-8,11-14,17-20,23-26,29-32,35-36,38-39,41-43,45-46,48,52,54,58,60,79H,3-4,9-10,15-16,21-22,27-28,33-34,37,40,44,47,49-51,53,55-57,59,61-78,82H2,1-2H3,(H,85,86)/b7-5-,8-6-,13-11-,14-12-,19-17-,20-18-,25-23-,26-24-,31-29-,32-30-,36-35-,39-38-,42-41-,45-43-,48-46-,54-52-,60-58-. The van der Waals surface area contributed by atoms with Crippen LogP contribution in [0.25, 0.3) is 0 Å². The summed E-state index contributed by atoms with van der Waals surface area (Å²) in [5.74, 6) is -0.865. The van der Waals surface area contributed by atoms with Crippen molar-refractivity contribution in [3.05, 3.63) is 207 Å². The second-order valence-electron chi connectivity index (χ2n) is 22.6. The molecular weight excluding hydrogens is 1150 g/mol. The van der Waals surface area contributed by atoms with E-state index in [0.29, 0.717) is 6.42 Å². The van der Waals surface area contributed by atoms with E-state index in [-0.39, 0.29) is 32.6 Å². The summed E-state index contributed by atoms with van der Waals surface area (Å²) in [5.41, 5.74) is 5.40. The monoisotopic (exact) mass is 1270 g/mol. The highest BCUT2D eigenvalue weighted by Crippen LogP contribution is 2.43. The van der Waals surface area contributed by atoms with Gasteiger partial charge in [-0.05, 0) is 148 Å². The van der Waals surface area contributed by atoms with Crippen LogP contribution in [-0.2, 0) is 32.7 Å². The van der Waals surface area contributed by atoms with E-state index in [1.54, 1.807) is 0 Å². The highest BCUT2D eigenvalue weighted by Gasteiger charge is 2.26. The Morgan fingerprint density at radius 1 is 0.330 bits per heavy atom. The van der Waals surface area contributed by atoms with Gasteiger partial charge >= 0.3 is 19.8 Å². The molecule has 0 aromatic rings. The van der Waals surface area contributed by atoms with Crippen molar-refractivity contribution in [1.29, 1.82) is 0 Å². The van der Waals surface area contributed by atoms with Crippen molar-refractivity contribution < 1.29 is 37.6 Å². The fourth-order valence-corrected chi connectivity index (χ4v) is 9.76. The number of phosphoric acid groups is 1. The van der Waals surface area contributed by atoms with Crippen molar-refractivity contribution >= 4 is 19.8 Å². The number of unbranched alkanes of at least 4 members (excludes halogenated alkanes) is 17.